The Bertz CT molecular complexity index is 995. The molecule has 0 atom stereocenters. The number of fused-ring (bicyclic) bond motifs is 1. The van der Waals surface area contributed by atoms with E-state index in [0.29, 0.717) is 35.4 Å². The van der Waals surface area contributed by atoms with Gasteiger partial charge < -0.3 is 19.8 Å². The van der Waals surface area contributed by atoms with Gasteiger partial charge in [-0.25, -0.2) is 4.39 Å². The summed E-state index contributed by atoms with van der Waals surface area (Å²) in [6.45, 7) is 4.26. The van der Waals surface area contributed by atoms with Crippen molar-refractivity contribution >= 4 is 16.8 Å². The van der Waals surface area contributed by atoms with E-state index in [4.69, 9.17) is 9.47 Å². The molecular formula is C21H23FN2O3. The molecule has 0 saturated carbocycles. The SMILES string of the molecule is COc1ccc(C(=O)NCCc2c(C)[nH]c3c(C)ccc(F)c23)cc1OC. The number of rotatable bonds is 6. The Kier molecular flexibility index (Phi) is 5.35. The van der Waals surface area contributed by atoms with Crippen molar-refractivity contribution in [2.75, 3.05) is 20.8 Å². The van der Waals surface area contributed by atoms with Gasteiger partial charge in [0, 0.05) is 23.2 Å². The van der Waals surface area contributed by atoms with Crippen LogP contribution in [0.25, 0.3) is 10.9 Å². The van der Waals surface area contributed by atoms with Gasteiger partial charge in [0.25, 0.3) is 5.91 Å². The quantitative estimate of drug-likeness (QED) is 0.691. The Morgan fingerprint density at radius 3 is 2.56 bits per heavy atom. The third-order valence-electron chi connectivity index (χ3n) is 4.74. The van der Waals surface area contributed by atoms with Gasteiger partial charge in [-0.05, 0) is 55.7 Å². The van der Waals surface area contributed by atoms with Crippen LogP contribution in [0.3, 0.4) is 0 Å². The maximum atomic E-state index is 14.3. The minimum atomic E-state index is -0.249. The van der Waals surface area contributed by atoms with Crippen molar-refractivity contribution in [1.29, 1.82) is 0 Å². The summed E-state index contributed by atoms with van der Waals surface area (Å²) in [6, 6.07) is 8.24. The summed E-state index contributed by atoms with van der Waals surface area (Å²) in [5, 5.41) is 3.48. The van der Waals surface area contributed by atoms with Crippen LogP contribution in [0.5, 0.6) is 11.5 Å². The van der Waals surface area contributed by atoms with Crippen LogP contribution in [0.1, 0.15) is 27.2 Å². The second-order valence-corrected chi connectivity index (χ2v) is 6.42. The number of carbonyl (C=O) groups is 1. The van der Waals surface area contributed by atoms with Crippen molar-refractivity contribution in [3.05, 3.63) is 58.5 Å². The third-order valence-corrected chi connectivity index (χ3v) is 4.74. The molecule has 3 aromatic rings. The van der Waals surface area contributed by atoms with Crippen molar-refractivity contribution in [2.24, 2.45) is 0 Å². The lowest BCUT2D eigenvalue weighted by atomic mass is 10.0. The first-order valence-corrected chi connectivity index (χ1v) is 8.72. The Morgan fingerprint density at radius 1 is 1.11 bits per heavy atom. The molecule has 0 saturated heterocycles. The van der Waals surface area contributed by atoms with E-state index in [1.165, 1.54) is 13.2 Å². The van der Waals surface area contributed by atoms with Crippen LogP contribution in [0, 0.1) is 19.7 Å². The highest BCUT2D eigenvalue weighted by atomic mass is 19.1. The Hall–Kier alpha value is -3.02. The first kappa shape index (κ1) is 18.8. The number of nitrogens with one attached hydrogen (secondary N) is 2. The van der Waals surface area contributed by atoms with Crippen LogP contribution < -0.4 is 14.8 Å². The number of aromatic amines is 1. The summed E-state index contributed by atoms with van der Waals surface area (Å²) in [6.07, 6.45) is 0.533. The monoisotopic (exact) mass is 370 g/mol. The number of benzene rings is 2. The zero-order chi connectivity index (χ0) is 19.6. The minimum absolute atomic E-state index is 0.218. The molecule has 2 N–H and O–H groups in total. The van der Waals surface area contributed by atoms with E-state index in [1.807, 2.05) is 13.8 Å². The van der Waals surface area contributed by atoms with Crippen LogP contribution >= 0.6 is 0 Å². The lowest BCUT2D eigenvalue weighted by Crippen LogP contribution is -2.25. The van der Waals surface area contributed by atoms with Gasteiger partial charge in [-0.15, -0.1) is 0 Å². The average molecular weight is 370 g/mol. The van der Waals surface area contributed by atoms with E-state index in [9.17, 15) is 9.18 Å². The average Bonchev–Trinajstić information content (AvgIpc) is 3.01. The van der Waals surface area contributed by atoms with Crippen molar-refractivity contribution in [3.63, 3.8) is 0 Å². The molecule has 1 aromatic heterocycles. The third kappa shape index (κ3) is 3.60. The summed E-state index contributed by atoms with van der Waals surface area (Å²) < 4.78 is 24.7. The Labute approximate surface area is 157 Å². The predicted octanol–water partition coefficient (Wildman–Crippen LogP) is 3.91. The van der Waals surface area contributed by atoms with Crippen LogP contribution in [-0.2, 0) is 6.42 Å². The van der Waals surface area contributed by atoms with Gasteiger partial charge in [0.2, 0.25) is 0 Å². The molecule has 0 fully saturated rings. The predicted molar refractivity (Wildman–Crippen MR) is 103 cm³/mol. The molecule has 0 radical (unpaired) electrons. The highest BCUT2D eigenvalue weighted by Crippen LogP contribution is 2.28. The molecule has 0 spiro atoms. The Balaban J connectivity index is 1.74. The van der Waals surface area contributed by atoms with Gasteiger partial charge in [-0.2, -0.15) is 0 Å². The number of hydrogen-bond donors (Lipinski definition) is 2. The molecule has 1 amide bonds. The second-order valence-electron chi connectivity index (χ2n) is 6.42. The zero-order valence-electron chi connectivity index (χ0n) is 15.9. The molecule has 2 aromatic carbocycles. The first-order chi connectivity index (χ1) is 13.0. The van der Waals surface area contributed by atoms with Crippen LogP contribution in [0.2, 0.25) is 0 Å². The zero-order valence-corrected chi connectivity index (χ0v) is 15.9. The molecule has 0 aliphatic rings. The van der Waals surface area contributed by atoms with Crippen molar-refractivity contribution in [1.82, 2.24) is 10.3 Å². The normalized spacial score (nSPS) is 10.9. The molecule has 142 valence electrons. The number of halogens is 1. The van der Waals surface area contributed by atoms with Gasteiger partial charge >= 0.3 is 0 Å². The van der Waals surface area contributed by atoms with Crippen LogP contribution in [0.4, 0.5) is 4.39 Å². The van der Waals surface area contributed by atoms with Gasteiger partial charge in [0.1, 0.15) is 5.82 Å². The number of ether oxygens (including phenoxy) is 2. The molecule has 27 heavy (non-hydrogen) atoms. The molecule has 0 unspecified atom stereocenters. The van der Waals surface area contributed by atoms with E-state index >= 15 is 0 Å². The first-order valence-electron chi connectivity index (χ1n) is 8.72. The van der Waals surface area contributed by atoms with Gasteiger partial charge in [-0.3, -0.25) is 4.79 Å². The summed E-state index contributed by atoms with van der Waals surface area (Å²) in [5.74, 6) is 0.593. The number of methoxy groups -OCH3 is 2. The highest BCUT2D eigenvalue weighted by Gasteiger charge is 2.15. The fourth-order valence-corrected chi connectivity index (χ4v) is 3.28. The van der Waals surface area contributed by atoms with E-state index in [2.05, 4.69) is 10.3 Å². The lowest BCUT2D eigenvalue weighted by molar-refractivity contribution is 0.0953. The van der Waals surface area contributed by atoms with Gasteiger partial charge in [0.05, 0.1) is 19.7 Å². The maximum Gasteiger partial charge on any atom is 0.251 e. The standard InChI is InChI=1S/C21H23FN2O3/c1-12-5-7-16(22)19-15(13(2)24-20(12)19)9-10-23-21(25)14-6-8-17(26-3)18(11-14)27-4/h5-8,11,24H,9-10H2,1-4H3,(H,23,25). The number of hydrogen-bond acceptors (Lipinski definition) is 3. The summed E-state index contributed by atoms with van der Waals surface area (Å²) in [4.78, 5) is 15.7. The van der Waals surface area contributed by atoms with Crippen molar-refractivity contribution in [2.45, 2.75) is 20.3 Å². The molecule has 3 rings (SSSR count). The number of aromatic nitrogens is 1. The van der Waals surface area contributed by atoms with Crippen LogP contribution in [-0.4, -0.2) is 31.7 Å². The number of carbonyl (C=O) groups excluding carboxylic acids is 1. The molecular weight excluding hydrogens is 347 g/mol. The lowest BCUT2D eigenvalue weighted by Gasteiger charge is -2.10. The van der Waals surface area contributed by atoms with E-state index in [0.717, 1.165) is 22.3 Å². The van der Waals surface area contributed by atoms with Gasteiger partial charge in [0.15, 0.2) is 11.5 Å². The van der Waals surface area contributed by atoms with Crippen molar-refractivity contribution < 1.29 is 18.7 Å². The molecule has 0 aliphatic carbocycles. The minimum Gasteiger partial charge on any atom is -0.493 e. The number of amides is 1. The summed E-state index contributed by atoms with van der Waals surface area (Å²) in [5.41, 5.74) is 4.09. The topological polar surface area (TPSA) is 63.3 Å². The highest BCUT2D eigenvalue weighted by molar-refractivity contribution is 5.95. The molecule has 6 heteroatoms. The van der Waals surface area contributed by atoms with E-state index in [-0.39, 0.29) is 11.7 Å². The largest absolute Gasteiger partial charge is 0.493 e. The summed E-state index contributed by atoms with van der Waals surface area (Å²) in [7, 11) is 3.07. The molecule has 0 aliphatic heterocycles. The van der Waals surface area contributed by atoms with Crippen molar-refractivity contribution in [3.8, 4) is 11.5 Å². The second kappa shape index (κ2) is 7.70. The Morgan fingerprint density at radius 2 is 1.85 bits per heavy atom. The molecule has 0 bridgehead atoms. The smallest absolute Gasteiger partial charge is 0.251 e. The maximum absolute atomic E-state index is 14.3. The fraction of sp³-hybridized carbons (Fsp3) is 0.286. The van der Waals surface area contributed by atoms with E-state index in [1.54, 1.807) is 31.4 Å². The number of H-pyrrole nitrogens is 1. The van der Waals surface area contributed by atoms with E-state index < -0.39 is 0 Å². The fourth-order valence-electron chi connectivity index (χ4n) is 3.28. The molecule has 5 nitrogen and oxygen atoms in total. The van der Waals surface area contributed by atoms with Gasteiger partial charge in [-0.1, -0.05) is 6.07 Å². The molecule has 1 heterocycles. The summed E-state index contributed by atoms with van der Waals surface area (Å²) >= 11 is 0. The number of aryl methyl sites for hydroxylation is 2. The van der Waals surface area contributed by atoms with Crippen LogP contribution in [0.15, 0.2) is 30.3 Å².